The van der Waals surface area contributed by atoms with Crippen LogP contribution in [0.4, 0.5) is 5.69 Å². The molecule has 1 N–H and O–H groups in total. The molecule has 0 aromatic heterocycles. The standard InChI is InChI=1S/C16H22N2O4/c1-18-13-10-12(11-15(19)17-7-3-8-21-2)4-5-14(13)22-9-6-16(18)20/h4-5,10H,3,6-9,11H2,1-2H3,(H,17,19). The molecular weight excluding hydrogens is 284 g/mol. The van der Waals surface area contributed by atoms with Crippen molar-refractivity contribution < 1.29 is 19.1 Å². The van der Waals surface area contributed by atoms with E-state index in [1.165, 1.54) is 0 Å². The lowest BCUT2D eigenvalue weighted by Crippen LogP contribution is -2.27. The molecule has 6 nitrogen and oxygen atoms in total. The second kappa shape index (κ2) is 7.79. The second-order valence-corrected chi connectivity index (χ2v) is 5.23. The van der Waals surface area contributed by atoms with Crippen molar-refractivity contribution in [2.75, 3.05) is 38.8 Å². The van der Waals surface area contributed by atoms with E-state index in [1.807, 2.05) is 18.2 Å². The van der Waals surface area contributed by atoms with E-state index in [1.54, 1.807) is 19.1 Å². The minimum Gasteiger partial charge on any atom is -0.491 e. The molecule has 0 unspecified atom stereocenters. The number of methoxy groups -OCH3 is 1. The maximum Gasteiger partial charge on any atom is 0.230 e. The Morgan fingerprint density at radius 2 is 2.27 bits per heavy atom. The van der Waals surface area contributed by atoms with Crippen LogP contribution in [0.15, 0.2) is 18.2 Å². The van der Waals surface area contributed by atoms with Gasteiger partial charge in [0.25, 0.3) is 0 Å². The summed E-state index contributed by atoms with van der Waals surface area (Å²) in [5.74, 6) is 0.650. The highest BCUT2D eigenvalue weighted by Gasteiger charge is 2.20. The largest absolute Gasteiger partial charge is 0.491 e. The summed E-state index contributed by atoms with van der Waals surface area (Å²) in [6, 6.07) is 5.52. The van der Waals surface area contributed by atoms with Crippen molar-refractivity contribution in [2.45, 2.75) is 19.3 Å². The molecule has 1 aliphatic heterocycles. The zero-order valence-electron chi connectivity index (χ0n) is 13.1. The second-order valence-electron chi connectivity index (χ2n) is 5.23. The molecule has 1 aromatic rings. The molecule has 1 heterocycles. The number of carbonyl (C=O) groups excluding carboxylic acids is 2. The van der Waals surface area contributed by atoms with Crippen molar-refractivity contribution in [3.63, 3.8) is 0 Å². The van der Waals surface area contributed by atoms with Gasteiger partial charge < -0.3 is 19.7 Å². The molecule has 22 heavy (non-hydrogen) atoms. The zero-order chi connectivity index (χ0) is 15.9. The van der Waals surface area contributed by atoms with E-state index in [-0.39, 0.29) is 18.2 Å². The Bertz CT molecular complexity index is 545. The first kappa shape index (κ1) is 16.3. The van der Waals surface area contributed by atoms with Crippen LogP contribution >= 0.6 is 0 Å². The molecule has 120 valence electrons. The molecule has 6 heteroatoms. The smallest absolute Gasteiger partial charge is 0.230 e. The normalized spacial score (nSPS) is 14.1. The molecule has 0 radical (unpaired) electrons. The van der Waals surface area contributed by atoms with Crippen LogP contribution in [0.25, 0.3) is 0 Å². The zero-order valence-corrected chi connectivity index (χ0v) is 13.1. The molecule has 0 saturated heterocycles. The number of benzene rings is 1. The van der Waals surface area contributed by atoms with Gasteiger partial charge in [0, 0.05) is 27.3 Å². The number of rotatable bonds is 6. The van der Waals surface area contributed by atoms with Crippen LogP contribution in [0.2, 0.25) is 0 Å². The van der Waals surface area contributed by atoms with Crippen molar-refractivity contribution in [3.05, 3.63) is 23.8 Å². The number of amides is 2. The molecule has 2 amide bonds. The van der Waals surface area contributed by atoms with Crippen molar-refractivity contribution >= 4 is 17.5 Å². The quantitative estimate of drug-likeness (QED) is 0.800. The predicted octanol–water partition coefficient (Wildman–Crippen LogP) is 1.13. The number of fused-ring (bicyclic) bond motifs is 1. The number of carbonyl (C=O) groups is 2. The minimum absolute atomic E-state index is 0.0138. The summed E-state index contributed by atoms with van der Waals surface area (Å²) in [7, 11) is 3.36. The van der Waals surface area contributed by atoms with E-state index in [0.717, 1.165) is 12.0 Å². The molecule has 0 aliphatic carbocycles. The number of nitrogens with one attached hydrogen (secondary N) is 1. The Balaban J connectivity index is 2.00. The summed E-state index contributed by atoms with van der Waals surface area (Å²) in [5, 5.41) is 2.85. The average molecular weight is 306 g/mol. The molecule has 1 aliphatic rings. The number of hydrogen-bond acceptors (Lipinski definition) is 4. The maximum atomic E-state index is 11.9. The molecular formula is C16H22N2O4. The first-order valence-corrected chi connectivity index (χ1v) is 7.39. The van der Waals surface area contributed by atoms with Gasteiger partial charge in [-0.05, 0) is 24.1 Å². The highest BCUT2D eigenvalue weighted by atomic mass is 16.5. The lowest BCUT2D eigenvalue weighted by molar-refractivity contribution is -0.120. The summed E-state index contributed by atoms with van der Waals surface area (Å²) in [6.45, 7) is 1.61. The summed E-state index contributed by atoms with van der Waals surface area (Å²) < 4.78 is 10.5. The number of hydrogen-bond donors (Lipinski definition) is 1. The highest BCUT2D eigenvalue weighted by molar-refractivity contribution is 5.95. The Kier molecular flexibility index (Phi) is 5.77. The van der Waals surface area contributed by atoms with Crippen LogP contribution in [-0.4, -0.2) is 45.7 Å². The predicted molar refractivity (Wildman–Crippen MR) is 83.2 cm³/mol. The van der Waals surface area contributed by atoms with Gasteiger partial charge in [-0.25, -0.2) is 0 Å². The third-order valence-electron chi connectivity index (χ3n) is 3.54. The number of nitrogens with zero attached hydrogens (tertiary/aromatic N) is 1. The maximum absolute atomic E-state index is 11.9. The van der Waals surface area contributed by atoms with E-state index in [2.05, 4.69) is 5.32 Å². The van der Waals surface area contributed by atoms with E-state index >= 15 is 0 Å². The third-order valence-corrected chi connectivity index (χ3v) is 3.54. The SMILES string of the molecule is COCCCNC(=O)Cc1ccc2c(c1)N(C)C(=O)CCO2. The van der Waals surface area contributed by atoms with E-state index < -0.39 is 0 Å². The summed E-state index contributed by atoms with van der Waals surface area (Å²) >= 11 is 0. The molecule has 0 saturated carbocycles. The van der Waals surface area contributed by atoms with Crippen LogP contribution in [0.5, 0.6) is 5.75 Å². The third kappa shape index (κ3) is 4.21. The van der Waals surface area contributed by atoms with Crippen LogP contribution < -0.4 is 15.0 Å². The molecule has 0 fully saturated rings. The van der Waals surface area contributed by atoms with Crippen LogP contribution in [0.3, 0.4) is 0 Å². The lowest BCUT2D eigenvalue weighted by Gasteiger charge is -2.17. The molecule has 1 aromatic carbocycles. The minimum atomic E-state index is -0.0421. The van der Waals surface area contributed by atoms with E-state index in [0.29, 0.717) is 37.6 Å². The molecule has 0 bridgehead atoms. The van der Waals surface area contributed by atoms with Crippen molar-refractivity contribution in [3.8, 4) is 5.75 Å². The monoisotopic (exact) mass is 306 g/mol. The molecule has 0 spiro atoms. The van der Waals surface area contributed by atoms with Gasteiger partial charge in [-0.2, -0.15) is 0 Å². The first-order chi connectivity index (χ1) is 10.6. The Hall–Kier alpha value is -2.08. The van der Waals surface area contributed by atoms with Gasteiger partial charge in [-0.3, -0.25) is 9.59 Å². The fourth-order valence-corrected chi connectivity index (χ4v) is 2.30. The van der Waals surface area contributed by atoms with Gasteiger partial charge >= 0.3 is 0 Å². The number of anilines is 1. The van der Waals surface area contributed by atoms with Gasteiger partial charge in [0.05, 0.1) is 25.1 Å². The first-order valence-electron chi connectivity index (χ1n) is 7.39. The van der Waals surface area contributed by atoms with Crippen molar-refractivity contribution in [1.29, 1.82) is 0 Å². The fraction of sp³-hybridized carbons (Fsp3) is 0.500. The average Bonchev–Trinajstić information content (AvgIpc) is 2.64. The van der Waals surface area contributed by atoms with Crippen LogP contribution in [0, 0.1) is 0 Å². The Morgan fingerprint density at radius 3 is 3.05 bits per heavy atom. The van der Waals surface area contributed by atoms with Gasteiger partial charge in [0.1, 0.15) is 5.75 Å². The topological polar surface area (TPSA) is 67.9 Å². The molecule has 0 atom stereocenters. The van der Waals surface area contributed by atoms with Crippen LogP contribution in [-0.2, 0) is 20.7 Å². The van der Waals surface area contributed by atoms with E-state index in [9.17, 15) is 9.59 Å². The van der Waals surface area contributed by atoms with Gasteiger partial charge in [0.2, 0.25) is 11.8 Å². The van der Waals surface area contributed by atoms with Crippen molar-refractivity contribution in [1.82, 2.24) is 5.32 Å². The molecule has 2 rings (SSSR count). The van der Waals surface area contributed by atoms with Crippen LogP contribution in [0.1, 0.15) is 18.4 Å². The number of ether oxygens (including phenoxy) is 2. The lowest BCUT2D eigenvalue weighted by atomic mass is 10.1. The van der Waals surface area contributed by atoms with Gasteiger partial charge in [-0.15, -0.1) is 0 Å². The van der Waals surface area contributed by atoms with E-state index in [4.69, 9.17) is 9.47 Å². The highest BCUT2D eigenvalue weighted by Crippen LogP contribution is 2.31. The van der Waals surface area contributed by atoms with Gasteiger partial charge in [0.15, 0.2) is 0 Å². The summed E-state index contributed by atoms with van der Waals surface area (Å²) in [4.78, 5) is 25.3. The Labute approximate surface area is 130 Å². The summed E-state index contributed by atoms with van der Waals surface area (Å²) in [6.07, 6.45) is 1.43. The fourth-order valence-electron chi connectivity index (χ4n) is 2.30. The van der Waals surface area contributed by atoms with Crippen molar-refractivity contribution in [2.24, 2.45) is 0 Å². The van der Waals surface area contributed by atoms with Gasteiger partial charge in [-0.1, -0.05) is 6.07 Å². The Morgan fingerprint density at radius 1 is 1.45 bits per heavy atom. The summed E-state index contributed by atoms with van der Waals surface area (Å²) in [5.41, 5.74) is 1.57.